The van der Waals surface area contributed by atoms with Crippen molar-refractivity contribution in [2.24, 2.45) is 0 Å². The minimum absolute atomic E-state index is 0.173. The van der Waals surface area contributed by atoms with Crippen LogP contribution in [0.25, 0.3) is 66.1 Å². The van der Waals surface area contributed by atoms with Crippen LogP contribution in [0.3, 0.4) is 0 Å². The third-order valence-electron chi connectivity index (χ3n) is 11.4. The standard InChI is InChI=1S/C53H39N/c1-53(2)49-26-14-25-46(41-28-27-36-15-9-10-19-39(36)33-41)52(49)48-32-30-44(35-50(48)53)54(42-21-7-4-8-22-42)43-23-13-20-40(34-43)47-31-29-37-16-11-12-24-45(37)51(47)38-17-5-3-6-18-38/h3-35H,1-2H3. The Bertz CT molecular complexity index is 2850. The van der Waals surface area contributed by atoms with Gasteiger partial charge in [-0.2, -0.15) is 0 Å². The normalized spacial score (nSPS) is 12.8. The van der Waals surface area contributed by atoms with E-state index in [1.807, 2.05) is 0 Å². The van der Waals surface area contributed by atoms with Crippen molar-refractivity contribution in [3.63, 3.8) is 0 Å². The molecule has 0 unspecified atom stereocenters. The molecule has 0 saturated heterocycles. The van der Waals surface area contributed by atoms with E-state index in [2.05, 4.69) is 219 Å². The molecule has 0 saturated carbocycles. The van der Waals surface area contributed by atoms with E-state index < -0.39 is 0 Å². The molecule has 1 heteroatoms. The number of hydrogen-bond acceptors (Lipinski definition) is 1. The maximum absolute atomic E-state index is 2.44. The van der Waals surface area contributed by atoms with Gasteiger partial charge in [-0.3, -0.25) is 0 Å². The molecule has 54 heavy (non-hydrogen) atoms. The van der Waals surface area contributed by atoms with Crippen LogP contribution in [0.4, 0.5) is 17.1 Å². The Hall–Kier alpha value is -6.70. The van der Waals surface area contributed by atoms with Crippen molar-refractivity contribution in [2.75, 3.05) is 4.90 Å². The SMILES string of the molecule is CC1(C)c2cc(N(c3ccccc3)c3cccc(-c4ccc5ccccc5c4-c4ccccc4)c3)ccc2-c2c(-c3ccc4ccccc4c3)cccc21. The molecule has 0 aliphatic heterocycles. The number of benzene rings is 9. The molecule has 0 N–H and O–H groups in total. The minimum Gasteiger partial charge on any atom is -0.310 e. The predicted molar refractivity (Wildman–Crippen MR) is 230 cm³/mol. The summed E-state index contributed by atoms with van der Waals surface area (Å²) in [5, 5.41) is 5.03. The Balaban J connectivity index is 1.12. The van der Waals surface area contributed by atoms with E-state index in [0.29, 0.717) is 0 Å². The maximum atomic E-state index is 2.44. The molecule has 10 rings (SSSR count). The Morgan fingerprint density at radius 2 is 0.926 bits per heavy atom. The van der Waals surface area contributed by atoms with Gasteiger partial charge in [-0.15, -0.1) is 0 Å². The third-order valence-corrected chi connectivity index (χ3v) is 11.4. The van der Waals surface area contributed by atoms with Crippen molar-refractivity contribution in [1.29, 1.82) is 0 Å². The molecule has 0 radical (unpaired) electrons. The van der Waals surface area contributed by atoms with E-state index in [1.54, 1.807) is 0 Å². The van der Waals surface area contributed by atoms with Gasteiger partial charge in [0.05, 0.1) is 0 Å². The summed E-state index contributed by atoms with van der Waals surface area (Å²) >= 11 is 0. The van der Waals surface area contributed by atoms with Gasteiger partial charge >= 0.3 is 0 Å². The van der Waals surface area contributed by atoms with E-state index >= 15 is 0 Å². The monoisotopic (exact) mass is 689 g/mol. The van der Waals surface area contributed by atoms with Crippen molar-refractivity contribution in [3.8, 4) is 44.5 Å². The zero-order chi connectivity index (χ0) is 36.2. The number of nitrogens with zero attached hydrogens (tertiary/aromatic N) is 1. The molecule has 9 aromatic rings. The number of anilines is 3. The van der Waals surface area contributed by atoms with Crippen LogP contribution in [0.5, 0.6) is 0 Å². The van der Waals surface area contributed by atoms with Gasteiger partial charge in [0.15, 0.2) is 0 Å². The van der Waals surface area contributed by atoms with Gasteiger partial charge in [-0.1, -0.05) is 172 Å². The first kappa shape index (κ1) is 32.0. The Kier molecular flexibility index (Phi) is 7.56. The Morgan fingerprint density at radius 1 is 0.333 bits per heavy atom. The summed E-state index contributed by atoms with van der Waals surface area (Å²) in [7, 11) is 0. The summed E-state index contributed by atoms with van der Waals surface area (Å²) < 4.78 is 0. The summed E-state index contributed by atoms with van der Waals surface area (Å²) in [5.41, 5.74) is 16.0. The lowest BCUT2D eigenvalue weighted by molar-refractivity contribution is 0.660. The zero-order valence-corrected chi connectivity index (χ0v) is 30.5. The van der Waals surface area contributed by atoms with Crippen LogP contribution in [-0.4, -0.2) is 0 Å². The largest absolute Gasteiger partial charge is 0.310 e. The molecule has 0 fully saturated rings. The van der Waals surface area contributed by atoms with Crippen LogP contribution in [0.1, 0.15) is 25.0 Å². The fourth-order valence-electron chi connectivity index (χ4n) is 8.78. The summed E-state index contributed by atoms with van der Waals surface area (Å²) in [6.45, 7) is 4.76. The molecule has 0 heterocycles. The van der Waals surface area contributed by atoms with E-state index in [-0.39, 0.29) is 5.41 Å². The zero-order valence-electron chi connectivity index (χ0n) is 30.5. The average molecular weight is 690 g/mol. The summed E-state index contributed by atoms with van der Waals surface area (Å²) in [5.74, 6) is 0. The molecule has 1 aliphatic carbocycles. The molecule has 1 nitrogen and oxygen atoms in total. The second-order valence-electron chi connectivity index (χ2n) is 14.9. The highest BCUT2D eigenvalue weighted by molar-refractivity contribution is 6.04. The molecule has 0 amide bonds. The lowest BCUT2D eigenvalue weighted by atomic mass is 9.81. The molecule has 9 aromatic carbocycles. The number of rotatable bonds is 6. The molecule has 0 aromatic heterocycles. The van der Waals surface area contributed by atoms with Gasteiger partial charge in [-0.25, -0.2) is 0 Å². The first-order valence-corrected chi connectivity index (χ1v) is 18.8. The highest BCUT2D eigenvalue weighted by Crippen LogP contribution is 2.54. The number of para-hydroxylation sites is 1. The van der Waals surface area contributed by atoms with Gasteiger partial charge in [0.2, 0.25) is 0 Å². The minimum atomic E-state index is -0.173. The van der Waals surface area contributed by atoms with Gasteiger partial charge in [0.25, 0.3) is 0 Å². The number of fused-ring (bicyclic) bond motifs is 5. The highest BCUT2D eigenvalue weighted by Gasteiger charge is 2.37. The van der Waals surface area contributed by atoms with Crippen molar-refractivity contribution < 1.29 is 0 Å². The molecular formula is C53H39N. The fraction of sp³-hybridized carbons (Fsp3) is 0.0566. The van der Waals surface area contributed by atoms with Crippen molar-refractivity contribution in [1.82, 2.24) is 0 Å². The van der Waals surface area contributed by atoms with E-state index in [9.17, 15) is 0 Å². The molecular weight excluding hydrogens is 651 g/mol. The van der Waals surface area contributed by atoms with Gasteiger partial charge in [0.1, 0.15) is 0 Å². The van der Waals surface area contributed by atoms with Crippen LogP contribution < -0.4 is 4.90 Å². The highest BCUT2D eigenvalue weighted by atomic mass is 15.1. The molecule has 0 bridgehead atoms. The van der Waals surface area contributed by atoms with Gasteiger partial charge in [-0.05, 0) is 120 Å². The molecule has 1 aliphatic rings. The molecule has 0 spiro atoms. The first-order valence-electron chi connectivity index (χ1n) is 18.8. The summed E-state index contributed by atoms with van der Waals surface area (Å²) in [6.07, 6.45) is 0. The van der Waals surface area contributed by atoms with Crippen LogP contribution >= 0.6 is 0 Å². The maximum Gasteiger partial charge on any atom is 0.0467 e. The van der Waals surface area contributed by atoms with E-state index in [4.69, 9.17) is 0 Å². The second-order valence-corrected chi connectivity index (χ2v) is 14.9. The summed E-state index contributed by atoms with van der Waals surface area (Å²) in [4.78, 5) is 2.41. The van der Waals surface area contributed by atoms with Gasteiger partial charge in [0, 0.05) is 22.5 Å². The smallest absolute Gasteiger partial charge is 0.0467 e. The Labute approximate surface area is 317 Å². The lowest BCUT2D eigenvalue weighted by Gasteiger charge is -2.28. The quantitative estimate of drug-likeness (QED) is 0.168. The third kappa shape index (κ3) is 5.24. The second kappa shape index (κ2) is 12.8. The van der Waals surface area contributed by atoms with E-state index in [0.717, 1.165) is 17.1 Å². The molecule has 256 valence electrons. The van der Waals surface area contributed by atoms with Crippen LogP contribution in [0.2, 0.25) is 0 Å². The van der Waals surface area contributed by atoms with E-state index in [1.165, 1.54) is 77.2 Å². The van der Waals surface area contributed by atoms with Crippen molar-refractivity contribution in [3.05, 3.63) is 211 Å². The average Bonchev–Trinajstić information content (AvgIpc) is 3.46. The number of hydrogen-bond donors (Lipinski definition) is 0. The first-order chi connectivity index (χ1) is 26.5. The van der Waals surface area contributed by atoms with Gasteiger partial charge < -0.3 is 4.90 Å². The fourth-order valence-corrected chi connectivity index (χ4v) is 8.78. The topological polar surface area (TPSA) is 3.24 Å². The predicted octanol–water partition coefficient (Wildman–Crippen LogP) is 14.8. The van der Waals surface area contributed by atoms with Crippen LogP contribution in [0, 0.1) is 0 Å². The molecule has 0 atom stereocenters. The summed E-state index contributed by atoms with van der Waals surface area (Å²) in [6, 6.07) is 73.3. The lowest BCUT2D eigenvalue weighted by Crippen LogP contribution is -2.16. The van der Waals surface area contributed by atoms with Crippen LogP contribution in [0.15, 0.2) is 200 Å². The van der Waals surface area contributed by atoms with Crippen molar-refractivity contribution >= 4 is 38.6 Å². The Morgan fingerprint density at radius 3 is 1.76 bits per heavy atom. The van der Waals surface area contributed by atoms with Crippen molar-refractivity contribution in [2.45, 2.75) is 19.3 Å². The van der Waals surface area contributed by atoms with Crippen LogP contribution in [-0.2, 0) is 5.41 Å².